The first-order valence-corrected chi connectivity index (χ1v) is 4.58. The predicted octanol–water partition coefficient (Wildman–Crippen LogP) is 0.714. The molecule has 1 aromatic rings. The maximum absolute atomic E-state index is 10.9. The Labute approximate surface area is 82.8 Å². The summed E-state index contributed by atoms with van der Waals surface area (Å²) in [5, 5.41) is 12.9. The highest BCUT2D eigenvalue weighted by Crippen LogP contribution is 2.15. The van der Waals surface area contributed by atoms with Crippen molar-refractivity contribution in [2.24, 2.45) is 18.9 Å². The number of carbonyl (C=O) groups is 1. The topological polar surface area (TPSA) is 68.0 Å². The zero-order valence-electron chi connectivity index (χ0n) is 8.64. The maximum atomic E-state index is 10.9. The number of hydrogen-bond donors (Lipinski definition) is 1. The third-order valence-electron chi connectivity index (χ3n) is 2.33. The minimum absolute atomic E-state index is 0.101. The van der Waals surface area contributed by atoms with Crippen molar-refractivity contribution in [3.63, 3.8) is 0 Å². The Kier molecular flexibility index (Phi) is 3.22. The van der Waals surface area contributed by atoms with Crippen molar-refractivity contribution in [2.45, 2.75) is 20.3 Å². The van der Waals surface area contributed by atoms with E-state index in [1.165, 1.54) is 6.33 Å². The van der Waals surface area contributed by atoms with Crippen LogP contribution in [0, 0.1) is 11.8 Å². The summed E-state index contributed by atoms with van der Waals surface area (Å²) >= 11 is 0. The molecule has 0 radical (unpaired) electrons. The Hall–Kier alpha value is -1.39. The van der Waals surface area contributed by atoms with E-state index in [1.54, 1.807) is 11.7 Å². The number of aliphatic carboxylic acids is 1. The highest BCUT2D eigenvalue weighted by Gasteiger charge is 2.23. The normalized spacial score (nSPS) is 13.1. The van der Waals surface area contributed by atoms with E-state index in [1.807, 2.05) is 13.8 Å². The van der Waals surface area contributed by atoms with Gasteiger partial charge in [-0.3, -0.25) is 9.48 Å². The lowest BCUT2D eigenvalue weighted by atomic mass is 9.92. The predicted molar refractivity (Wildman–Crippen MR) is 50.7 cm³/mol. The average molecular weight is 197 g/mol. The molecule has 0 fully saturated rings. The Bertz CT molecular complexity index is 320. The minimum atomic E-state index is -0.775. The molecule has 0 aromatic carbocycles. The lowest BCUT2D eigenvalue weighted by molar-refractivity contribution is -0.143. The molecule has 0 aliphatic heterocycles. The van der Waals surface area contributed by atoms with Crippen LogP contribution in [0.3, 0.4) is 0 Å². The third-order valence-corrected chi connectivity index (χ3v) is 2.33. The van der Waals surface area contributed by atoms with Crippen LogP contribution >= 0.6 is 0 Å². The average Bonchev–Trinajstić information content (AvgIpc) is 2.46. The first-order valence-electron chi connectivity index (χ1n) is 4.58. The van der Waals surface area contributed by atoms with Crippen molar-refractivity contribution >= 4 is 5.97 Å². The molecule has 14 heavy (non-hydrogen) atoms. The standard InChI is InChI=1S/C9H15N3O2/c1-6(2)7(9(13)14)4-8-10-5-11-12(8)3/h5-7H,4H2,1-3H3,(H,13,14). The van der Waals surface area contributed by atoms with Crippen molar-refractivity contribution in [3.8, 4) is 0 Å². The number of nitrogens with zero attached hydrogens (tertiary/aromatic N) is 3. The zero-order valence-corrected chi connectivity index (χ0v) is 8.64. The van der Waals surface area contributed by atoms with Crippen LogP contribution in [-0.4, -0.2) is 25.8 Å². The van der Waals surface area contributed by atoms with Gasteiger partial charge >= 0.3 is 5.97 Å². The van der Waals surface area contributed by atoms with E-state index in [9.17, 15) is 4.79 Å². The van der Waals surface area contributed by atoms with Gasteiger partial charge in [0, 0.05) is 13.5 Å². The Morgan fingerprint density at radius 2 is 2.29 bits per heavy atom. The number of aromatic nitrogens is 3. The largest absolute Gasteiger partial charge is 0.481 e. The van der Waals surface area contributed by atoms with Gasteiger partial charge < -0.3 is 5.11 Å². The van der Waals surface area contributed by atoms with Crippen LogP contribution in [0.15, 0.2) is 6.33 Å². The Morgan fingerprint density at radius 1 is 1.64 bits per heavy atom. The molecule has 1 heterocycles. The second kappa shape index (κ2) is 4.21. The summed E-state index contributed by atoms with van der Waals surface area (Å²) in [6.45, 7) is 3.80. The van der Waals surface area contributed by atoms with Crippen molar-refractivity contribution < 1.29 is 9.90 Å². The molecule has 1 N–H and O–H groups in total. The highest BCUT2D eigenvalue weighted by atomic mass is 16.4. The molecular weight excluding hydrogens is 182 g/mol. The summed E-state index contributed by atoms with van der Waals surface area (Å²) < 4.78 is 1.61. The molecule has 5 nitrogen and oxygen atoms in total. The monoisotopic (exact) mass is 197 g/mol. The zero-order chi connectivity index (χ0) is 10.7. The second-order valence-electron chi connectivity index (χ2n) is 3.69. The van der Waals surface area contributed by atoms with Gasteiger partial charge in [0.2, 0.25) is 0 Å². The molecule has 0 amide bonds. The van der Waals surface area contributed by atoms with Gasteiger partial charge in [0.15, 0.2) is 0 Å². The summed E-state index contributed by atoms with van der Waals surface area (Å²) in [4.78, 5) is 14.9. The van der Waals surface area contributed by atoms with Crippen LogP contribution in [0.1, 0.15) is 19.7 Å². The van der Waals surface area contributed by atoms with Crippen LogP contribution in [0.2, 0.25) is 0 Å². The van der Waals surface area contributed by atoms with Crippen molar-refractivity contribution in [1.29, 1.82) is 0 Å². The van der Waals surface area contributed by atoms with Crippen LogP contribution in [0.4, 0.5) is 0 Å². The number of aryl methyl sites for hydroxylation is 1. The van der Waals surface area contributed by atoms with E-state index in [4.69, 9.17) is 5.11 Å². The van der Waals surface area contributed by atoms with Gasteiger partial charge in [-0.05, 0) is 5.92 Å². The van der Waals surface area contributed by atoms with E-state index in [2.05, 4.69) is 10.1 Å². The fourth-order valence-electron chi connectivity index (χ4n) is 1.31. The lowest BCUT2D eigenvalue weighted by Crippen LogP contribution is -2.23. The van der Waals surface area contributed by atoms with Gasteiger partial charge in [-0.1, -0.05) is 13.8 Å². The van der Waals surface area contributed by atoms with Gasteiger partial charge in [-0.2, -0.15) is 5.10 Å². The number of rotatable bonds is 4. The summed E-state index contributed by atoms with van der Waals surface area (Å²) in [5.41, 5.74) is 0. The Balaban J connectivity index is 2.75. The fourth-order valence-corrected chi connectivity index (χ4v) is 1.31. The van der Waals surface area contributed by atoms with Crippen LogP contribution in [0.25, 0.3) is 0 Å². The van der Waals surface area contributed by atoms with Crippen LogP contribution < -0.4 is 0 Å². The quantitative estimate of drug-likeness (QED) is 0.772. The Morgan fingerprint density at radius 3 is 2.64 bits per heavy atom. The maximum Gasteiger partial charge on any atom is 0.307 e. The van der Waals surface area contributed by atoms with Gasteiger partial charge in [-0.15, -0.1) is 0 Å². The number of carboxylic acid groups (broad SMARTS) is 1. The smallest absolute Gasteiger partial charge is 0.307 e. The lowest BCUT2D eigenvalue weighted by Gasteiger charge is -2.14. The summed E-state index contributed by atoms with van der Waals surface area (Å²) in [7, 11) is 1.77. The SMILES string of the molecule is CC(C)C(Cc1ncnn1C)C(=O)O. The number of carboxylic acids is 1. The van der Waals surface area contributed by atoms with Gasteiger partial charge in [0.1, 0.15) is 12.2 Å². The molecular formula is C9H15N3O2. The van der Waals surface area contributed by atoms with Gasteiger partial charge in [0.25, 0.3) is 0 Å². The van der Waals surface area contributed by atoms with Gasteiger partial charge in [0.05, 0.1) is 5.92 Å². The van der Waals surface area contributed by atoms with Gasteiger partial charge in [-0.25, -0.2) is 4.98 Å². The van der Waals surface area contributed by atoms with E-state index >= 15 is 0 Å². The van der Waals surface area contributed by atoms with Crippen LogP contribution in [-0.2, 0) is 18.3 Å². The minimum Gasteiger partial charge on any atom is -0.481 e. The molecule has 1 rings (SSSR count). The molecule has 0 bridgehead atoms. The second-order valence-corrected chi connectivity index (χ2v) is 3.69. The van der Waals surface area contributed by atoms with E-state index in [-0.39, 0.29) is 5.92 Å². The summed E-state index contributed by atoms with van der Waals surface area (Å²) in [6.07, 6.45) is 1.87. The third kappa shape index (κ3) is 2.31. The molecule has 0 spiro atoms. The van der Waals surface area contributed by atoms with E-state index in [0.717, 1.165) is 0 Å². The molecule has 1 aromatic heterocycles. The van der Waals surface area contributed by atoms with E-state index in [0.29, 0.717) is 12.2 Å². The first-order chi connectivity index (χ1) is 6.52. The van der Waals surface area contributed by atoms with Crippen LogP contribution in [0.5, 0.6) is 0 Å². The fraction of sp³-hybridized carbons (Fsp3) is 0.667. The van der Waals surface area contributed by atoms with Crippen molar-refractivity contribution in [2.75, 3.05) is 0 Å². The molecule has 1 unspecified atom stereocenters. The summed E-state index contributed by atoms with van der Waals surface area (Å²) in [6, 6.07) is 0. The molecule has 5 heteroatoms. The molecule has 0 saturated carbocycles. The molecule has 78 valence electrons. The summed E-state index contributed by atoms with van der Waals surface area (Å²) in [5.74, 6) is -0.351. The highest BCUT2D eigenvalue weighted by molar-refractivity contribution is 5.70. The molecule has 0 saturated heterocycles. The number of hydrogen-bond acceptors (Lipinski definition) is 3. The van der Waals surface area contributed by atoms with Crippen molar-refractivity contribution in [1.82, 2.24) is 14.8 Å². The molecule has 1 atom stereocenters. The van der Waals surface area contributed by atoms with Crippen molar-refractivity contribution in [3.05, 3.63) is 12.2 Å². The molecule has 0 aliphatic rings. The van der Waals surface area contributed by atoms with E-state index < -0.39 is 11.9 Å². The molecule has 0 aliphatic carbocycles. The first kappa shape index (κ1) is 10.7.